The molecule has 33 heavy (non-hydrogen) atoms. The molecule has 0 aliphatic heterocycles. The minimum absolute atomic E-state index is 0.0195. The largest absolute Gasteiger partial charge is 0.484 e. The molecule has 1 aromatic carbocycles. The van der Waals surface area contributed by atoms with Gasteiger partial charge in [0.2, 0.25) is 0 Å². The number of carbonyl (C=O) groups is 1. The van der Waals surface area contributed by atoms with Crippen LogP contribution in [0.25, 0.3) is 5.82 Å². The van der Waals surface area contributed by atoms with Gasteiger partial charge in [-0.1, -0.05) is 0 Å². The van der Waals surface area contributed by atoms with E-state index in [4.69, 9.17) is 0 Å². The Hall–Kier alpha value is -3.71. The van der Waals surface area contributed by atoms with E-state index in [1.165, 1.54) is 19.2 Å². The first-order chi connectivity index (χ1) is 15.3. The third kappa shape index (κ3) is 6.17. The van der Waals surface area contributed by atoms with E-state index in [0.717, 1.165) is 23.1 Å². The Balaban J connectivity index is 1.81. The van der Waals surface area contributed by atoms with Crippen molar-refractivity contribution in [2.45, 2.75) is 25.3 Å². The van der Waals surface area contributed by atoms with Crippen molar-refractivity contribution < 1.29 is 40.3 Å². The summed E-state index contributed by atoms with van der Waals surface area (Å²) >= 11 is 0. The Bertz CT molecular complexity index is 1140. The molecule has 176 valence electrons. The number of amides is 1. The second-order valence-electron chi connectivity index (χ2n) is 6.70. The van der Waals surface area contributed by atoms with E-state index < -0.39 is 53.6 Å². The van der Waals surface area contributed by atoms with Gasteiger partial charge in [-0.15, -0.1) is 5.10 Å². The number of rotatable bonds is 6. The fraction of sp³-hybridized carbons (Fsp3) is 0.263. The maximum atomic E-state index is 13.8. The van der Waals surface area contributed by atoms with Crippen LogP contribution in [-0.2, 0) is 6.18 Å². The second kappa shape index (κ2) is 9.03. The smallest absolute Gasteiger partial charge is 0.422 e. The van der Waals surface area contributed by atoms with Crippen molar-refractivity contribution in [1.82, 2.24) is 25.1 Å². The molecule has 1 amide bonds. The lowest BCUT2D eigenvalue weighted by Gasteiger charge is -2.15. The minimum Gasteiger partial charge on any atom is -0.484 e. The number of hydrogen-bond donors (Lipinski definition) is 1. The van der Waals surface area contributed by atoms with Crippen LogP contribution >= 0.6 is 0 Å². The van der Waals surface area contributed by atoms with Crippen molar-refractivity contribution in [2.24, 2.45) is 0 Å². The number of carbonyl (C=O) groups excluding carboxylic acids is 1. The lowest BCUT2D eigenvalue weighted by molar-refractivity contribution is -0.153. The topological polar surface area (TPSA) is 81.9 Å². The van der Waals surface area contributed by atoms with Crippen molar-refractivity contribution in [1.29, 1.82) is 0 Å². The maximum absolute atomic E-state index is 13.8. The Labute approximate surface area is 181 Å². The predicted octanol–water partition coefficient (Wildman–Crippen LogP) is 4.25. The number of halogens is 7. The SMILES string of the molecule is CC(NC(=O)c1cc(OCC(F)(F)F)cc(C(F)(F)F)c1)c1ncn(-c2ncccc2F)n1. The molecule has 0 saturated heterocycles. The molecule has 1 unspecified atom stereocenters. The Morgan fingerprint density at radius 1 is 1.15 bits per heavy atom. The predicted molar refractivity (Wildman–Crippen MR) is 98.0 cm³/mol. The summed E-state index contributed by atoms with van der Waals surface area (Å²) in [5.41, 5.74) is -1.96. The van der Waals surface area contributed by atoms with Gasteiger partial charge in [0, 0.05) is 11.8 Å². The molecule has 1 atom stereocenters. The van der Waals surface area contributed by atoms with E-state index in [0.29, 0.717) is 12.1 Å². The van der Waals surface area contributed by atoms with Crippen molar-refractivity contribution in [3.63, 3.8) is 0 Å². The summed E-state index contributed by atoms with van der Waals surface area (Å²) in [7, 11) is 0. The third-order valence-corrected chi connectivity index (χ3v) is 4.10. The fourth-order valence-corrected chi connectivity index (χ4v) is 2.61. The molecular weight excluding hydrogens is 463 g/mol. The third-order valence-electron chi connectivity index (χ3n) is 4.10. The van der Waals surface area contributed by atoms with Gasteiger partial charge in [-0.25, -0.2) is 14.4 Å². The summed E-state index contributed by atoms with van der Waals surface area (Å²) in [6.07, 6.45) is -7.29. The van der Waals surface area contributed by atoms with Gasteiger partial charge in [-0.05, 0) is 37.3 Å². The molecule has 7 nitrogen and oxygen atoms in total. The highest BCUT2D eigenvalue weighted by Crippen LogP contribution is 2.33. The summed E-state index contributed by atoms with van der Waals surface area (Å²) in [5, 5.41) is 6.31. The van der Waals surface area contributed by atoms with Crippen LogP contribution in [0.5, 0.6) is 5.75 Å². The van der Waals surface area contributed by atoms with Crippen molar-refractivity contribution in [3.8, 4) is 11.6 Å². The van der Waals surface area contributed by atoms with Crippen LogP contribution in [0.4, 0.5) is 30.7 Å². The van der Waals surface area contributed by atoms with Gasteiger partial charge < -0.3 is 10.1 Å². The number of ether oxygens (including phenoxy) is 1. The van der Waals surface area contributed by atoms with Crippen LogP contribution in [0.1, 0.15) is 34.7 Å². The molecule has 14 heteroatoms. The molecule has 0 bridgehead atoms. The monoisotopic (exact) mass is 477 g/mol. The van der Waals surface area contributed by atoms with Crippen LogP contribution < -0.4 is 10.1 Å². The van der Waals surface area contributed by atoms with Crippen molar-refractivity contribution >= 4 is 5.91 Å². The van der Waals surface area contributed by atoms with E-state index in [1.54, 1.807) is 0 Å². The van der Waals surface area contributed by atoms with Crippen LogP contribution in [-0.4, -0.2) is 38.4 Å². The second-order valence-corrected chi connectivity index (χ2v) is 6.70. The van der Waals surface area contributed by atoms with Gasteiger partial charge in [0.05, 0.1) is 11.6 Å². The number of nitrogens with zero attached hydrogens (tertiary/aromatic N) is 4. The first kappa shape index (κ1) is 23.9. The lowest BCUT2D eigenvalue weighted by Crippen LogP contribution is -2.28. The van der Waals surface area contributed by atoms with Gasteiger partial charge in [0.15, 0.2) is 24.1 Å². The van der Waals surface area contributed by atoms with E-state index >= 15 is 0 Å². The molecule has 0 saturated carbocycles. The molecule has 0 fully saturated rings. The highest BCUT2D eigenvalue weighted by Gasteiger charge is 2.33. The standard InChI is InChI=1S/C19H14F7N5O2/c1-10(15-28-9-31(30-15)16-14(20)3-2-4-27-16)29-17(32)11-5-12(19(24,25)26)7-13(6-11)33-8-18(21,22)23/h2-7,9-10H,8H2,1H3,(H,29,32). The van der Waals surface area contributed by atoms with Crippen LogP contribution in [0.3, 0.4) is 0 Å². The average Bonchev–Trinajstić information content (AvgIpc) is 3.21. The van der Waals surface area contributed by atoms with E-state index in [9.17, 15) is 35.5 Å². The molecule has 2 aromatic heterocycles. The molecule has 1 N–H and O–H groups in total. The Kier molecular flexibility index (Phi) is 6.56. The number of pyridine rings is 1. The van der Waals surface area contributed by atoms with Gasteiger partial charge in [0.1, 0.15) is 12.1 Å². The Morgan fingerprint density at radius 3 is 2.52 bits per heavy atom. The summed E-state index contributed by atoms with van der Waals surface area (Å²) in [6, 6.07) is 3.12. The molecule has 0 aliphatic carbocycles. The lowest BCUT2D eigenvalue weighted by atomic mass is 10.1. The maximum Gasteiger partial charge on any atom is 0.422 e. The summed E-state index contributed by atoms with van der Waals surface area (Å²) in [6.45, 7) is -0.432. The van der Waals surface area contributed by atoms with Gasteiger partial charge >= 0.3 is 12.4 Å². The first-order valence-corrected chi connectivity index (χ1v) is 9.08. The Morgan fingerprint density at radius 2 is 1.88 bits per heavy atom. The van der Waals surface area contributed by atoms with E-state index in [2.05, 4.69) is 25.1 Å². The van der Waals surface area contributed by atoms with Gasteiger partial charge in [-0.3, -0.25) is 4.79 Å². The number of alkyl halides is 6. The van der Waals surface area contributed by atoms with Crippen LogP contribution in [0.15, 0.2) is 42.9 Å². The molecule has 0 spiro atoms. The minimum atomic E-state index is -4.94. The summed E-state index contributed by atoms with van der Waals surface area (Å²) in [4.78, 5) is 20.2. The fourth-order valence-electron chi connectivity index (χ4n) is 2.61. The van der Waals surface area contributed by atoms with Crippen molar-refractivity contribution in [2.75, 3.05) is 6.61 Å². The quantitative estimate of drug-likeness (QED) is 0.537. The summed E-state index contributed by atoms with van der Waals surface area (Å²) in [5.74, 6) is -2.71. The number of nitrogens with one attached hydrogen (secondary N) is 1. The molecule has 2 heterocycles. The number of benzene rings is 1. The highest BCUT2D eigenvalue weighted by molar-refractivity contribution is 5.95. The molecule has 3 aromatic rings. The van der Waals surface area contributed by atoms with E-state index in [1.807, 2.05) is 0 Å². The molecular formula is C19H14F7N5O2. The molecule has 0 aliphatic rings. The van der Waals surface area contributed by atoms with Gasteiger partial charge in [-0.2, -0.15) is 31.0 Å². The number of hydrogen-bond acceptors (Lipinski definition) is 5. The summed E-state index contributed by atoms with van der Waals surface area (Å²) < 4.78 is 95.8. The zero-order valence-electron chi connectivity index (χ0n) is 16.6. The van der Waals surface area contributed by atoms with Gasteiger partial charge in [0.25, 0.3) is 5.91 Å². The zero-order chi connectivity index (χ0) is 24.4. The molecule has 3 rings (SSSR count). The van der Waals surface area contributed by atoms with E-state index in [-0.39, 0.29) is 11.6 Å². The van der Waals surface area contributed by atoms with Crippen LogP contribution in [0, 0.1) is 5.82 Å². The highest BCUT2D eigenvalue weighted by atomic mass is 19.4. The van der Waals surface area contributed by atoms with Crippen LogP contribution in [0.2, 0.25) is 0 Å². The van der Waals surface area contributed by atoms with Crippen molar-refractivity contribution in [3.05, 3.63) is 65.6 Å². The molecule has 0 radical (unpaired) electrons. The average molecular weight is 477 g/mol. The zero-order valence-corrected chi connectivity index (χ0v) is 16.6. The first-order valence-electron chi connectivity index (χ1n) is 9.08. The number of aromatic nitrogens is 4. The normalized spacial score (nSPS) is 13.0.